The summed E-state index contributed by atoms with van der Waals surface area (Å²) in [5, 5.41) is 3.43. The van der Waals surface area contributed by atoms with E-state index in [-0.39, 0.29) is 0 Å². The third-order valence-corrected chi connectivity index (χ3v) is 2.65. The third-order valence-electron chi connectivity index (χ3n) is 2.65. The molecule has 1 aromatic heterocycles. The summed E-state index contributed by atoms with van der Waals surface area (Å²) in [5.41, 5.74) is 2.13. The number of nitrogens with one attached hydrogen (secondary N) is 1. The van der Waals surface area contributed by atoms with Gasteiger partial charge in [0.1, 0.15) is 6.33 Å². The van der Waals surface area contributed by atoms with Gasteiger partial charge < -0.3 is 10.1 Å². The molecule has 1 atom stereocenters. The first-order chi connectivity index (χ1) is 6.83. The van der Waals surface area contributed by atoms with Crippen molar-refractivity contribution in [1.29, 1.82) is 0 Å². The van der Waals surface area contributed by atoms with Gasteiger partial charge in [0.25, 0.3) is 0 Å². The van der Waals surface area contributed by atoms with Gasteiger partial charge in [-0.3, -0.25) is 0 Å². The van der Waals surface area contributed by atoms with Crippen LogP contribution in [0.3, 0.4) is 0 Å². The van der Waals surface area contributed by atoms with Crippen molar-refractivity contribution in [3.05, 3.63) is 17.6 Å². The van der Waals surface area contributed by atoms with E-state index in [0.717, 1.165) is 24.2 Å². The average Bonchev–Trinajstić information content (AvgIpc) is 2.70. The molecule has 1 saturated heterocycles. The van der Waals surface area contributed by atoms with E-state index in [1.165, 1.54) is 6.42 Å². The van der Waals surface area contributed by atoms with Crippen molar-refractivity contribution < 1.29 is 4.74 Å². The molecule has 4 nitrogen and oxygen atoms in total. The molecule has 1 aromatic rings. The Morgan fingerprint density at radius 2 is 2.36 bits per heavy atom. The largest absolute Gasteiger partial charge is 0.481 e. The second-order valence-corrected chi connectivity index (χ2v) is 3.53. The maximum Gasteiger partial charge on any atom is 0.221 e. The fourth-order valence-corrected chi connectivity index (χ4v) is 1.96. The topological polar surface area (TPSA) is 47.0 Å². The molecule has 0 amide bonds. The molecular weight excluding hydrogens is 178 g/mol. The van der Waals surface area contributed by atoms with E-state index in [2.05, 4.69) is 15.3 Å². The smallest absolute Gasteiger partial charge is 0.221 e. The van der Waals surface area contributed by atoms with Crippen molar-refractivity contribution >= 4 is 0 Å². The highest BCUT2D eigenvalue weighted by atomic mass is 16.5. The molecule has 76 valence electrons. The van der Waals surface area contributed by atoms with E-state index >= 15 is 0 Å². The lowest BCUT2D eigenvalue weighted by Crippen LogP contribution is -2.16. The Morgan fingerprint density at radius 3 is 3.00 bits per heavy atom. The first kappa shape index (κ1) is 9.40. The van der Waals surface area contributed by atoms with Crippen LogP contribution in [0.5, 0.6) is 5.88 Å². The molecule has 2 heterocycles. The SMILES string of the molecule is COc1ncnc(C)c1C1CCCN1. The molecule has 0 saturated carbocycles. The lowest BCUT2D eigenvalue weighted by Gasteiger charge is -2.15. The highest BCUT2D eigenvalue weighted by Gasteiger charge is 2.22. The fraction of sp³-hybridized carbons (Fsp3) is 0.600. The summed E-state index contributed by atoms with van der Waals surface area (Å²) in [6.07, 6.45) is 3.90. The summed E-state index contributed by atoms with van der Waals surface area (Å²) in [5.74, 6) is 0.705. The number of rotatable bonds is 2. The summed E-state index contributed by atoms with van der Waals surface area (Å²) in [7, 11) is 1.65. The van der Waals surface area contributed by atoms with Gasteiger partial charge in [0.05, 0.1) is 12.7 Å². The molecule has 1 N–H and O–H groups in total. The minimum absolute atomic E-state index is 0.367. The molecule has 2 rings (SSSR count). The Hall–Kier alpha value is -1.16. The van der Waals surface area contributed by atoms with Crippen molar-refractivity contribution in [2.75, 3.05) is 13.7 Å². The predicted octanol–water partition coefficient (Wildman–Crippen LogP) is 1.22. The van der Waals surface area contributed by atoms with Crippen LogP contribution in [0, 0.1) is 6.92 Å². The molecule has 14 heavy (non-hydrogen) atoms. The summed E-state index contributed by atoms with van der Waals surface area (Å²) < 4.78 is 5.25. The number of hydrogen-bond donors (Lipinski definition) is 1. The van der Waals surface area contributed by atoms with Crippen LogP contribution in [0.2, 0.25) is 0 Å². The minimum atomic E-state index is 0.367. The first-order valence-corrected chi connectivity index (χ1v) is 4.92. The lowest BCUT2D eigenvalue weighted by molar-refractivity contribution is 0.383. The molecule has 1 aliphatic rings. The van der Waals surface area contributed by atoms with Crippen LogP contribution in [0.25, 0.3) is 0 Å². The number of hydrogen-bond acceptors (Lipinski definition) is 4. The van der Waals surface area contributed by atoms with Gasteiger partial charge in [-0.05, 0) is 26.3 Å². The lowest BCUT2D eigenvalue weighted by atomic mass is 10.1. The Morgan fingerprint density at radius 1 is 1.50 bits per heavy atom. The van der Waals surface area contributed by atoms with Gasteiger partial charge in [-0.2, -0.15) is 0 Å². The van der Waals surface area contributed by atoms with E-state index in [0.29, 0.717) is 11.9 Å². The van der Waals surface area contributed by atoms with Crippen molar-refractivity contribution in [2.45, 2.75) is 25.8 Å². The standard InChI is InChI=1S/C10H15N3O/c1-7-9(8-4-3-5-11-8)10(14-2)13-6-12-7/h6,8,11H,3-5H2,1-2H3. The van der Waals surface area contributed by atoms with Gasteiger partial charge in [0.2, 0.25) is 5.88 Å². The van der Waals surface area contributed by atoms with E-state index in [1.54, 1.807) is 13.4 Å². The van der Waals surface area contributed by atoms with Crippen LogP contribution < -0.4 is 10.1 Å². The Kier molecular flexibility index (Phi) is 2.63. The summed E-state index contributed by atoms with van der Waals surface area (Å²) in [6, 6.07) is 0.367. The molecule has 1 aliphatic heterocycles. The van der Waals surface area contributed by atoms with E-state index in [4.69, 9.17) is 4.74 Å². The molecule has 0 bridgehead atoms. The third kappa shape index (κ3) is 1.57. The first-order valence-electron chi connectivity index (χ1n) is 4.92. The average molecular weight is 193 g/mol. The van der Waals surface area contributed by atoms with Crippen LogP contribution in [0.4, 0.5) is 0 Å². The summed E-state index contributed by atoms with van der Waals surface area (Å²) >= 11 is 0. The highest BCUT2D eigenvalue weighted by molar-refractivity contribution is 5.32. The zero-order chi connectivity index (χ0) is 9.97. The number of aryl methyl sites for hydroxylation is 1. The number of methoxy groups -OCH3 is 1. The second kappa shape index (κ2) is 3.92. The van der Waals surface area contributed by atoms with E-state index in [9.17, 15) is 0 Å². The van der Waals surface area contributed by atoms with Gasteiger partial charge in [0.15, 0.2) is 0 Å². The number of aromatic nitrogens is 2. The number of nitrogens with zero attached hydrogens (tertiary/aromatic N) is 2. The zero-order valence-electron chi connectivity index (χ0n) is 8.58. The molecule has 0 aromatic carbocycles. The Labute approximate surface area is 83.7 Å². The predicted molar refractivity (Wildman–Crippen MR) is 53.3 cm³/mol. The van der Waals surface area contributed by atoms with Gasteiger partial charge in [0, 0.05) is 11.7 Å². The van der Waals surface area contributed by atoms with Gasteiger partial charge in [-0.15, -0.1) is 0 Å². The van der Waals surface area contributed by atoms with Crippen molar-refractivity contribution in [3.8, 4) is 5.88 Å². The van der Waals surface area contributed by atoms with Crippen LogP contribution in [-0.2, 0) is 0 Å². The van der Waals surface area contributed by atoms with Crippen LogP contribution >= 0.6 is 0 Å². The highest BCUT2D eigenvalue weighted by Crippen LogP contribution is 2.30. The van der Waals surface area contributed by atoms with Crippen molar-refractivity contribution in [1.82, 2.24) is 15.3 Å². The van der Waals surface area contributed by atoms with Gasteiger partial charge >= 0.3 is 0 Å². The van der Waals surface area contributed by atoms with Crippen LogP contribution in [-0.4, -0.2) is 23.6 Å². The van der Waals surface area contributed by atoms with Crippen molar-refractivity contribution in [2.24, 2.45) is 0 Å². The monoisotopic (exact) mass is 193 g/mol. The van der Waals surface area contributed by atoms with Gasteiger partial charge in [-0.25, -0.2) is 9.97 Å². The second-order valence-electron chi connectivity index (χ2n) is 3.53. The zero-order valence-corrected chi connectivity index (χ0v) is 8.58. The molecule has 0 radical (unpaired) electrons. The van der Waals surface area contributed by atoms with Crippen LogP contribution in [0.1, 0.15) is 30.1 Å². The van der Waals surface area contributed by atoms with Crippen LogP contribution in [0.15, 0.2) is 6.33 Å². The molecule has 4 heteroatoms. The maximum atomic E-state index is 5.25. The van der Waals surface area contributed by atoms with Crippen molar-refractivity contribution in [3.63, 3.8) is 0 Å². The Balaban J connectivity index is 2.37. The summed E-state index contributed by atoms with van der Waals surface area (Å²) in [6.45, 7) is 3.07. The van der Waals surface area contributed by atoms with Gasteiger partial charge in [-0.1, -0.05) is 0 Å². The fourth-order valence-electron chi connectivity index (χ4n) is 1.96. The number of ether oxygens (including phenoxy) is 1. The molecule has 1 fully saturated rings. The minimum Gasteiger partial charge on any atom is -0.481 e. The summed E-state index contributed by atoms with van der Waals surface area (Å²) in [4.78, 5) is 8.33. The molecule has 0 spiro atoms. The Bertz CT molecular complexity index is 321. The van der Waals surface area contributed by atoms with E-state index < -0.39 is 0 Å². The van der Waals surface area contributed by atoms with E-state index in [1.807, 2.05) is 6.92 Å². The molecule has 0 aliphatic carbocycles. The maximum absolute atomic E-state index is 5.25. The quantitative estimate of drug-likeness (QED) is 0.767. The molecule has 1 unspecified atom stereocenters. The molecular formula is C10H15N3O. The normalized spacial score (nSPS) is 21.1.